The largest absolute Gasteiger partial charge is 0.468 e. The summed E-state index contributed by atoms with van der Waals surface area (Å²) in [7, 11) is -2.33. The molecule has 7 nitrogen and oxygen atoms in total. The molecule has 25 heavy (non-hydrogen) atoms. The standard InChI is InChI=1S/C17H23N3O4S/c1-14(2)19(3)25(22,23)20(12-16-10-7-11-24-16)13-17(21)18-15-8-5-4-6-9-15/h4-11,14H,12-13H2,1-3H3,(H,18,21). The third kappa shape index (κ3) is 5.15. The van der Waals surface area contributed by atoms with Crippen molar-refractivity contribution in [1.29, 1.82) is 0 Å². The summed E-state index contributed by atoms with van der Waals surface area (Å²) in [6, 6.07) is 12.0. The smallest absolute Gasteiger partial charge is 0.282 e. The van der Waals surface area contributed by atoms with Crippen molar-refractivity contribution in [3.8, 4) is 0 Å². The summed E-state index contributed by atoms with van der Waals surface area (Å²) in [5, 5.41) is 2.70. The number of furan rings is 1. The Kier molecular flexibility index (Phi) is 6.35. The molecule has 0 radical (unpaired) electrons. The Balaban J connectivity index is 2.18. The molecule has 8 heteroatoms. The van der Waals surface area contributed by atoms with Gasteiger partial charge in [-0.25, -0.2) is 0 Å². The number of rotatable bonds is 8. The van der Waals surface area contributed by atoms with E-state index >= 15 is 0 Å². The number of nitrogens with zero attached hydrogens (tertiary/aromatic N) is 2. The fraction of sp³-hybridized carbons (Fsp3) is 0.353. The molecule has 0 saturated heterocycles. The van der Waals surface area contributed by atoms with Crippen LogP contribution in [0, 0.1) is 0 Å². The Morgan fingerprint density at radius 1 is 1.16 bits per heavy atom. The molecule has 2 aromatic rings. The Bertz CT molecular complexity index is 773. The Hall–Kier alpha value is -2.16. The zero-order chi connectivity index (χ0) is 18.4. The molecular weight excluding hydrogens is 342 g/mol. The molecule has 136 valence electrons. The van der Waals surface area contributed by atoms with E-state index < -0.39 is 16.1 Å². The Morgan fingerprint density at radius 2 is 1.84 bits per heavy atom. The Labute approximate surface area is 148 Å². The second kappa shape index (κ2) is 8.28. The number of para-hydroxylation sites is 1. The van der Waals surface area contributed by atoms with Crippen molar-refractivity contribution in [1.82, 2.24) is 8.61 Å². The van der Waals surface area contributed by atoms with Crippen LogP contribution in [0.25, 0.3) is 0 Å². The number of nitrogens with one attached hydrogen (secondary N) is 1. The van der Waals surface area contributed by atoms with Gasteiger partial charge in [0, 0.05) is 18.8 Å². The van der Waals surface area contributed by atoms with Gasteiger partial charge in [-0.1, -0.05) is 18.2 Å². The van der Waals surface area contributed by atoms with Gasteiger partial charge in [-0.3, -0.25) is 4.79 Å². The minimum absolute atomic E-state index is 0.0192. The molecule has 0 aliphatic carbocycles. The average molecular weight is 365 g/mol. The summed E-state index contributed by atoms with van der Waals surface area (Å²) < 4.78 is 33.2. The number of amides is 1. The fourth-order valence-electron chi connectivity index (χ4n) is 2.13. The van der Waals surface area contributed by atoms with E-state index in [0.29, 0.717) is 11.4 Å². The fourth-order valence-corrected chi connectivity index (χ4v) is 3.59. The zero-order valence-electron chi connectivity index (χ0n) is 14.5. The van der Waals surface area contributed by atoms with Gasteiger partial charge in [-0.15, -0.1) is 0 Å². The van der Waals surface area contributed by atoms with E-state index in [1.165, 1.54) is 17.6 Å². The van der Waals surface area contributed by atoms with E-state index in [0.717, 1.165) is 4.31 Å². The van der Waals surface area contributed by atoms with E-state index in [4.69, 9.17) is 4.42 Å². The van der Waals surface area contributed by atoms with Crippen molar-refractivity contribution in [3.05, 3.63) is 54.5 Å². The Morgan fingerprint density at radius 3 is 2.40 bits per heavy atom. The van der Waals surface area contributed by atoms with Crippen LogP contribution >= 0.6 is 0 Å². The van der Waals surface area contributed by atoms with Crippen molar-refractivity contribution in [2.45, 2.75) is 26.4 Å². The minimum atomic E-state index is -3.82. The van der Waals surface area contributed by atoms with Gasteiger partial charge < -0.3 is 9.73 Å². The summed E-state index contributed by atoms with van der Waals surface area (Å²) in [5.41, 5.74) is 0.611. The highest BCUT2D eigenvalue weighted by Crippen LogP contribution is 2.15. The van der Waals surface area contributed by atoms with Crippen molar-refractivity contribution < 1.29 is 17.6 Å². The second-order valence-electron chi connectivity index (χ2n) is 5.88. The van der Waals surface area contributed by atoms with Crippen LogP contribution in [0.3, 0.4) is 0 Å². The lowest BCUT2D eigenvalue weighted by Gasteiger charge is -2.28. The van der Waals surface area contributed by atoms with Crippen LogP contribution in [0.4, 0.5) is 5.69 Å². The van der Waals surface area contributed by atoms with Crippen LogP contribution in [-0.2, 0) is 21.5 Å². The van der Waals surface area contributed by atoms with Gasteiger partial charge in [0.05, 0.1) is 19.4 Å². The predicted octanol–water partition coefficient (Wildman–Crippen LogP) is 2.31. The first-order valence-corrected chi connectivity index (χ1v) is 9.31. The van der Waals surface area contributed by atoms with Crippen molar-refractivity contribution in [2.24, 2.45) is 0 Å². The molecular formula is C17H23N3O4S. The topological polar surface area (TPSA) is 82.9 Å². The van der Waals surface area contributed by atoms with E-state index in [-0.39, 0.29) is 19.1 Å². The van der Waals surface area contributed by atoms with Crippen LogP contribution in [0.2, 0.25) is 0 Å². The van der Waals surface area contributed by atoms with Gasteiger partial charge >= 0.3 is 0 Å². The molecule has 0 aliphatic heterocycles. The van der Waals surface area contributed by atoms with Crippen LogP contribution in [0.5, 0.6) is 0 Å². The average Bonchev–Trinajstić information content (AvgIpc) is 3.07. The summed E-state index contributed by atoms with van der Waals surface area (Å²) in [6.45, 7) is 3.21. The first-order chi connectivity index (χ1) is 11.8. The monoisotopic (exact) mass is 365 g/mol. The first-order valence-electron chi connectivity index (χ1n) is 7.91. The molecule has 0 fully saturated rings. The van der Waals surface area contributed by atoms with Gasteiger partial charge in [0.25, 0.3) is 10.2 Å². The zero-order valence-corrected chi connectivity index (χ0v) is 15.4. The third-order valence-electron chi connectivity index (χ3n) is 3.71. The summed E-state index contributed by atoms with van der Waals surface area (Å²) in [6.07, 6.45) is 1.47. The van der Waals surface area contributed by atoms with Gasteiger partial charge in [0.15, 0.2) is 0 Å². The molecule has 1 aromatic heterocycles. The molecule has 1 heterocycles. The lowest BCUT2D eigenvalue weighted by atomic mass is 10.3. The maximum Gasteiger partial charge on any atom is 0.282 e. The number of carbonyl (C=O) groups is 1. The number of anilines is 1. The first kappa shape index (κ1) is 19.2. The third-order valence-corrected chi connectivity index (χ3v) is 5.77. The van der Waals surface area contributed by atoms with Crippen LogP contribution in [0.1, 0.15) is 19.6 Å². The minimum Gasteiger partial charge on any atom is -0.468 e. The molecule has 0 unspecified atom stereocenters. The van der Waals surface area contributed by atoms with Gasteiger partial charge in [0.1, 0.15) is 5.76 Å². The lowest BCUT2D eigenvalue weighted by molar-refractivity contribution is -0.116. The van der Waals surface area contributed by atoms with Gasteiger partial charge in [-0.2, -0.15) is 17.0 Å². The van der Waals surface area contributed by atoms with E-state index in [1.807, 2.05) is 6.07 Å². The van der Waals surface area contributed by atoms with Crippen molar-refractivity contribution >= 4 is 21.8 Å². The number of hydrogen-bond donors (Lipinski definition) is 1. The molecule has 0 spiro atoms. The number of hydrogen-bond acceptors (Lipinski definition) is 4. The summed E-state index contributed by atoms with van der Waals surface area (Å²) in [5.74, 6) is 0.0479. The second-order valence-corrected chi connectivity index (χ2v) is 7.87. The molecule has 1 amide bonds. The molecule has 1 N–H and O–H groups in total. The van der Waals surface area contributed by atoms with Crippen molar-refractivity contribution in [2.75, 3.05) is 18.9 Å². The molecule has 1 aromatic carbocycles. The highest BCUT2D eigenvalue weighted by atomic mass is 32.2. The normalized spacial score (nSPS) is 12.1. The lowest BCUT2D eigenvalue weighted by Crippen LogP contribution is -2.47. The van der Waals surface area contributed by atoms with Gasteiger partial charge in [-0.05, 0) is 38.1 Å². The van der Waals surface area contributed by atoms with Crippen LogP contribution in [-0.4, -0.2) is 42.6 Å². The SMILES string of the molecule is CC(C)N(C)S(=O)(=O)N(CC(=O)Nc1ccccc1)Cc1ccco1. The maximum atomic E-state index is 12.8. The van der Waals surface area contributed by atoms with Gasteiger partial charge in [0.2, 0.25) is 5.91 Å². The quantitative estimate of drug-likeness (QED) is 0.778. The predicted molar refractivity (Wildman–Crippen MR) is 96.0 cm³/mol. The van der Waals surface area contributed by atoms with Crippen molar-refractivity contribution in [3.63, 3.8) is 0 Å². The van der Waals surface area contributed by atoms with E-state index in [1.54, 1.807) is 50.2 Å². The van der Waals surface area contributed by atoms with E-state index in [2.05, 4.69) is 5.32 Å². The molecule has 0 saturated carbocycles. The number of benzene rings is 1. The van der Waals surface area contributed by atoms with Crippen LogP contribution in [0.15, 0.2) is 53.1 Å². The molecule has 2 rings (SSSR count). The highest BCUT2D eigenvalue weighted by Gasteiger charge is 2.31. The molecule has 0 aliphatic rings. The summed E-state index contributed by atoms with van der Waals surface area (Å²) in [4.78, 5) is 12.3. The maximum absolute atomic E-state index is 12.8. The highest BCUT2D eigenvalue weighted by molar-refractivity contribution is 7.86. The summed E-state index contributed by atoms with van der Waals surface area (Å²) >= 11 is 0. The molecule has 0 atom stereocenters. The van der Waals surface area contributed by atoms with Crippen LogP contribution < -0.4 is 5.32 Å². The van der Waals surface area contributed by atoms with E-state index in [9.17, 15) is 13.2 Å². The molecule has 0 bridgehead atoms. The number of carbonyl (C=O) groups excluding carboxylic acids is 1.